The summed E-state index contributed by atoms with van der Waals surface area (Å²) in [5, 5.41) is 0. The predicted molar refractivity (Wildman–Crippen MR) is 89.1 cm³/mol. The van der Waals surface area contributed by atoms with Crippen LogP contribution in [0.5, 0.6) is 0 Å². The summed E-state index contributed by atoms with van der Waals surface area (Å²) in [7, 11) is 3.53. The number of likely N-dealkylation sites (N-methyl/N-ethyl adjacent to an activating group) is 1. The minimum Gasteiger partial charge on any atom is -0.465 e. The SMILES string of the molecule is CCCCN(C)CC1=CC(C(=O)OC)=CC(c2ncco2)CC1. The molecule has 1 atom stereocenters. The third-order valence-corrected chi connectivity index (χ3v) is 4.07. The number of oxazole rings is 1. The first-order valence-corrected chi connectivity index (χ1v) is 8.21. The van der Waals surface area contributed by atoms with Crippen LogP contribution in [0.3, 0.4) is 0 Å². The zero-order valence-corrected chi connectivity index (χ0v) is 14.2. The Kier molecular flexibility index (Phi) is 6.59. The second-order valence-electron chi connectivity index (χ2n) is 6.02. The fourth-order valence-corrected chi connectivity index (χ4v) is 2.82. The molecule has 1 heterocycles. The third-order valence-electron chi connectivity index (χ3n) is 4.07. The van der Waals surface area contributed by atoms with E-state index in [2.05, 4.69) is 23.9 Å². The quantitative estimate of drug-likeness (QED) is 0.722. The summed E-state index contributed by atoms with van der Waals surface area (Å²) in [5.74, 6) is 0.353. The van der Waals surface area contributed by atoms with E-state index in [1.165, 1.54) is 25.5 Å². The Morgan fingerprint density at radius 2 is 2.35 bits per heavy atom. The predicted octanol–water partition coefficient (Wildman–Crippen LogP) is 3.31. The molecule has 0 radical (unpaired) electrons. The highest BCUT2D eigenvalue weighted by atomic mass is 16.5. The number of esters is 1. The van der Waals surface area contributed by atoms with E-state index >= 15 is 0 Å². The van der Waals surface area contributed by atoms with Crippen molar-refractivity contribution in [2.24, 2.45) is 0 Å². The van der Waals surface area contributed by atoms with Crippen molar-refractivity contribution in [1.29, 1.82) is 0 Å². The van der Waals surface area contributed by atoms with Crippen LogP contribution in [0.2, 0.25) is 0 Å². The molecule has 0 fully saturated rings. The molecule has 0 saturated heterocycles. The van der Waals surface area contributed by atoms with Crippen LogP contribution in [0.15, 0.2) is 40.2 Å². The van der Waals surface area contributed by atoms with E-state index in [1.54, 1.807) is 12.5 Å². The topological polar surface area (TPSA) is 55.6 Å². The van der Waals surface area contributed by atoms with Gasteiger partial charge in [-0.2, -0.15) is 0 Å². The summed E-state index contributed by atoms with van der Waals surface area (Å²) in [4.78, 5) is 18.6. The number of unbranched alkanes of at least 4 members (excludes halogenated alkanes) is 1. The van der Waals surface area contributed by atoms with E-state index in [4.69, 9.17) is 9.15 Å². The largest absolute Gasteiger partial charge is 0.465 e. The molecule has 126 valence electrons. The lowest BCUT2D eigenvalue weighted by Gasteiger charge is -2.18. The van der Waals surface area contributed by atoms with Crippen LogP contribution >= 0.6 is 0 Å². The lowest BCUT2D eigenvalue weighted by molar-refractivity contribution is -0.135. The van der Waals surface area contributed by atoms with E-state index in [1.807, 2.05) is 12.2 Å². The first-order valence-electron chi connectivity index (χ1n) is 8.21. The number of allylic oxidation sites excluding steroid dienone is 1. The van der Waals surface area contributed by atoms with E-state index in [0.717, 1.165) is 25.9 Å². The van der Waals surface area contributed by atoms with E-state index in [0.29, 0.717) is 11.5 Å². The molecule has 0 amide bonds. The molecular weight excluding hydrogens is 292 g/mol. The smallest absolute Gasteiger partial charge is 0.337 e. The first kappa shape index (κ1) is 17.5. The standard InChI is InChI=1S/C18H26N2O3/c1-4-5-9-20(2)13-14-6-7-15(17-19-8-10-23-17)12-16(11-14)18(21)22-3/h8,10-12,15H,4-7,9,13H2,1-3H3. The van der Waals surface area contributed by atoms with Crippen LogP contribution in [0.25, 0.3) is 0 Å². The van der Waals surface area contributed by atoms with Gasteiger partial charge in [-0.3, -0.25) is 0 Å². The molecule has 1 unspecified atom stereocenters. The highest BCUT2D eigenvalue weighted by Gasteiger charge is 2.21. The maximum atomic E-state index is 12.0. The molecule has 0 aromatic carbocycles. The third kappa shape index (κ3) is 5.06. The van der Waals surface area contributed by atoms with Crippen molar-refractivity contribution in [2.75, 3.05) is 27.2 Å². The Morgan fingerprint density at radius 3 is 3.00 bits per heavy atom. The molecule has 1 aliphatic rings. The van der Waals surface area contributed by atoms with Crippen molar-refractivity contribution in [2.45, 2.75) is 38.5 Å². The van der Waals surface area contributed by atoms with Crippen LogP contribution in [-0.4, -0.2) is 43.1 Å². The van der Waals surface area contributed by atoms with Gasteiger partial charge in [0.15, 0.2) is 0 Å². The van der Waals surface area contributed by atoms with Gasteiger partial charge in [0.1, 0.15) is 6.26 Å². The molecule has 2 rings (SSSR count). The van der Waals surface area contributed by atoms with Gasteiger partial charge >= 0.3 is 5.97 Å². The number of hydrogen-bond acceptors (Lipinski definition) is 5. The number of methoxy groups -OCH3 is 1. The average molecular weight is 318 g/mol. The average Bonchev–Trinajstić information content (AvgIpc) is 3.01. The Hall–Kier alpha value is -1.88. The monoisotopic (exact) mass is 318 g/mol. The van der Waals surface area contributed by atoms with Crippen LogP contribution in [0.4, 0.5) is 0 Å². The Labute approximate surface area is 138 Å². The molecule has 23 heavy (non-hydrogen) atoms. The lowest BCUT2D eigenvalue weighted by atomic mass is 10.0. The van der Waals surface area contributed by atoms with Crippen LogP contribution in [-0.2, 0) is 9.53 Å². The highest BCUT2D eigenvalue weighted by molar-refractivity contribution is 5.91. The van der Waals surface area contributed by atoms with Crippen molar-refractivity contribution < 1.29 is 13.9 Å². The molecule has 0 aliphatic heterocycles. The number of carbonyl (C=O) groups is 1. The van der Waals surface area contributed by atoms with Gasteiger partial charge in [0, 0.05) is 6.54 Å². The van der Waals surface area contributed by atoms with Crippen LogP contribution in [0, 0.1) is 0 Å². The molecule has 1 aliphatic carbocycles. The Morgan fingerprint density at radius 1 is 1.52 bits per heavy atom. The number of aromatic nitrogens is 1. The van der Waals surface area contributed by atoms with E-state index in [-0.39, 0.29) is 11.9 Å². The fourth-order valence-electron chi connectivity index (χ4n) is 2.82. The summed E-state index contributed by atoms with van der Waals surface area (Å²) >= 11 is 0. The summed E-state index contributed by atoms with van der Waals surface area (Å²) < 4.78 is 10.3. The zero-order valence-electron chi connectivity index (χ0n) is 14.2. The van der Waals surface area contributed by atoms with Gasteiger partial charge in [0.25, 0.3) is 0 Å². The maximum Gasteiger partial charge on any atom is 0.337 e. The molecule has 1 aromatic rings. The van der Waals surface area contributed by atoms with Crippen LogP contribution in [0.1, 0.15) is 44.4 Å². The van der Waals surface area contributed by atoms with Gasteiger partial charge in [0.2, 0.25) is 5.89 Å². The van der Waals surface area contributed by atoms with E-state index < -0.39 is 0 Å². The second kappa shape index (κ2) is 8.67. The van der Waals surface area contributed by atoms with Crippen molar-refractivity contribution in [3.05, 3.63) is 41.6 Å². The van der Waals surface area contributed by atoms with Gasteiger partial charge in [-0.1, -0.05) is 25.0 Å². The van der Waals surface area contributed by atoms with Gasteiger partial charge in [0.05, 0.1) is 24.8 Å². The molecule has 1 aromatic heterocycles. The summed E-state index contributed by atoms with van der Waals surface area (Å²) in [6, 6.07) is 0. The van der Waals surface area contributed by atoms with Crippen molar-refractivity contribution >= 4 is 5.97 Å². The molecular formula is C18H26N2O3. The summed E-state index contributed by atoms with van der Waals surface area (Å²) in [5.41, 5.74) is 1.83. The molecule has 5 heteroatoms. The number of ether oxygens (including phenoxy) is 1. The Balaban J connectivity index is 2.13. The molecule has 0 spiro atoms. The van der Waals surface area contributed by atoms with Crippen LogP contribution < -0.4 is 0 Å². The minimum absolute atomic E-state index is 0.00815. The minimum atomic E-state index is -0.308. The second-order valence-corrected chi connectivity index (χ2v) is 6.02. The van der Waals surface area contributed by atoms with Gasteiger partial charge in [-0.05, 0) is 38.9 Å². The first-order chi connectivity index (χ1) is 11.1. The van der Waals surface area contributed by atoms with Gasteiger partial charge < -0.3 is 14.1 Å². The number of rotatable bonds is 7. The normalized spacial score (nSPS) is 18.3. The fraction of sp³-hybridized carbons (Fsp3) is 0.556. The van der Waals surface area contributed by atoms with Gasteiger partial charge in [-0.25, -0.2) is 9.78 Å². The summed E-state index contributed by atoms with van der Waals surface area (Å²) in [6.07, 6.45) is 11.3. The lowest BCUT2D eigenvalue weighted by Crippen LogP contribution is -2.22. The van der Waals surface area contributed by atoms with Crippen molar-refractivity contribution in [3.63, 3.8) is 0 Å². The summed E-state index contributed by atoms with van der Waals surface area (Å²) in [6.45, 7) is 4.12. The number of hydrogen-bond donors (Lipinski definition) is 0. The number of nitrogens with zero attached hydrogens (tertiary/aromatic N) is 2. The zero-order chi connectivity index (χ0) is 16.7. The van der Waals surface area contributed by atoms with Gasteiger partial charge in [-0.15, -0.1) is 0 Å². The van der Waals surface area contributed by atoms with Crippen molar-refractivity contribution in [1.82, 2.24) is 9.88 Å². The van der Waals surface area contributed by atoms with Crippen molar-refractivity contribution in [3.8, 4) is 0 Å². The molecule has 0 N–H and O–H groups in total. The maximum absolute atomic E-state index is 12.0. The molecule has 0 bridgehead atoms. The number of carbonyl (C=O) groups excluding carboxylic acids is 1. The molecule has 5 nitrogen and oxygen atoms in total. The molecule has 0 saturated carbocycles. The van der Waals surface area contributed by atoms with E-state index in [9.17, 15) is 4.79 Å². The highest BCUT2D eigenvalue weighted by Crippen LogP contribution is 2.29. The Bertz CT molecular complexity index is 561.